The molecule has 1 aromatic rings. The number of benzene rings is 1. The summed E-state index contributed by atoms with van der Waals surface area (Å²) in [6, 6.07) is 8.77. The van der Waals surface area contributed by atoms with Crippen molar-refractivity contribution in [1.29, 1.82) is 0 Å². The number of rotatable bonds is 1. The van der Waals surface area contributed by atoms with E-state index in [4.69, 9.17) is 0 Å². The van der Waals surface area contributed by atoms with Gasteiger partial charge < -0.3 is 10.2 Å². The number of aryl methyl sites for hydroxylation is 1. The van der Waals surface area contributed by atoms with Crippen molar-refractivity contribution < 1.29 is 0 Å². The molecule has 0 saturated carbocycles. The highest BCUT2D eigenvalue weighted by Crippen LogP contribution is 2.16. The maximum Gasteiger partial charge on any atom is 0.0369 e. The fourth-order valence-corrected chi connectivity index (χ4v) is 1.93. The van der Waals surface area contributed by atoms with E-state index >= 15 is 0 Å². The highest BCUT2D eigenvalue weighted by molar-refractivity contribution is 5.85. The van der Waals surface area contributed by atoms with Crippen LogP contribution in [0.5, 0.6) is 0 Å². The summed E-state index contributed by atoms with van der Waals surface area (Å²) in [4.78, 5) is 2.47. The van der Waals surface area contributed by atoms with Crippen LogP contribution in [0.25, 0.3) is 0 Å². The van der Waals surface area contributed by atoms with Crippen LogP contribution >= 0.6 is 12.4 Å². The molecule has 84 valence electrons. The monoisotopic (exact) mass is 226 g/mol. The molecule has 1 saturated heterocycles. The van der Waals surface area contributed by atoms with Crippen LogP contribution in [0.1, 0.15) is 12.0 Å². The van der Waals surface area contributed by atoms with Crippen molar-refractivity contribution in [3.05, 3.63) is 29.8 Å². The van der Waals surface area contributed by atoms with Gasteiger partial charge in [0, 0.05) is 25.3 Å². The molecule has 0 unspecified atom stereocenters. The third-order valence-electron chi connectivity index (χ3n) is 2.71. The van der Waals surface area contributed by atoms with E-state index in [2.05, 4.69) is 41.4 Å². The molecule has 3 heteroatoms. The van der Waals surface area contributed by atoms with Crippen molar-refractivity contribution in [2.75, 3.05) is 31.1 Å². The number of nitrogens with one attached hydrogen (secondary N) is 1. The average molecular weight is 227 g/mol. The summed E-state index contributed by atoms with van der Waals surface area (Å²) in [7, 11) is 0. The Balaban J connectivity index is 0.00000112. The molecule has 0 bridgehead atoms. The number of hydrogen-bond acceptors (Lipinski definition) is 2. The zero-order valence-electron chi connectivity index (χ0n) is 9.20. The average Bonchev–Trinajstić information content (AvgIpc) is 2.45. The molecule has 1 aromatic carbocycles. The molecular formula is C12H19ClN2. The van der Waals surface area contributed by atoms with E-state index in [0.29, 0.717) is 0 Å². The van der Waals surface area contributed by atoms with Crippen LogP contribution in [0.2, 0.25) is 0 Å². The van der Waals surface area contributed by atoms with Crippen molar-refractivity contribution in [3.63, 3.8) is 0 Å². The van der Waals surface area contributed by atoms with E-state index < -0.39 is 0 Å². The smallest absolute Gasteiger partial charge is 0.0369 e. The van der Waals surface area contributed by atoms with Gasteiger partial charge in [-0.3, -0.25) is 0 Å². The topological polar surface area (TPSA) is 15.3 Å². The van der Waals surface area contributed by atoms with Gasteiger partial charge in [-0.05, 0) is 37.6 Å². The molecule has 1 heterocycles. The molecular weight excluding hydrogens is 208 g/mol. The second-order valence-electron chi connectivity index (χ2n) is 3.93. The maximum atomic E-state index is 3.42. The molecule has 0 radical (unpaired) electrons. The number of hydrogen-bond donors (Lipinski definition) is 1. The Kier molecular flexibility index (Phi) is 4.92. The highest BCUT2D eigenvalue weighted by Gasteiger charge is 2.08. The molecule has 0 aliphatic carbocycles. The molecule has 0 atom stereocenters. The molecule has 15 heavy (non-hydrogen) atoms. The Morgan fingerprint density at radius 1 is 1.20 bits per heavy atom. The number of halogens is 1. The van der Waals surface area contributed by atoms with Gasteiger partial charge in [0.25, 0.3) is 0 Å². The summed E-state index contributed by atoms with van der Waals surface area (Å²) < 4.78 is 0. The number of nitrogens with zero attached hydrogens (tertiary/aromatic N) is 1. The molecule has 1 aliphatic rings. The number of anilines is 1. The maximum absolute atomic E-state index is 3.42. The van der Waals surface area contributed by atoms with Gasteiger partial charge in [0.15, 0.2) is 0 Å². The Bertz CT molecular complexity index is 293. The van der Waals surface area contributed by atoms with Gasteiger partial charge in [0.05, 0.1) is 0 Å². The van der Waals surface area contributed by atoms with E-state index in [0.717, 1.165) is 19.6 Å². The third kappa shape index (κ3) is 3.40. The largest absolute Gasteiger partial charge is 0.370 e. The lowest BCUT2D eigenvalue weighted by atomic mass is 10.2. The van der Waals surface area contributed by atoms with Crippen molar-refractivity contribution in [2.24, 2.45) is 0 Å². The van der Waals surface area contributed by atoms with Gasteiger partial charge in [-0.15, -0.1) is 12.4 Å². The Labute approximate surface area is 98.1 Å². The molecule has 2 rings (SSSR count). The molecule has 1 aliphatic heterocycles. The van der Waals surface area contributed by atoms with E-state index in [1.165, 1.54) is 24.2 Å². The van der Waals surface area contributed by atoms with Gasteiger partial charge in [-0.2, -0.15) is 0 Å². The van der Waals surface area contributed by atoms with E-state index in [1.54, 1.807) is 0 Å². The lowest BCUT2D eigenvalue weighted by Crippen LogP contribution is -2.27. The normalized spacial score (nSPS) is 16.7. The second kappa shape index (κ2) is 5.99. The fourth-order valence-electron chi connectivity index (χ4n) is 1.93. The van der Waals surface area contributed by atoms with Crippen molar-refractivity contribution >= 4 is 18.1 Å². The highest BCUT2D eigenvalue weighted by atomic mass is 35.5. The first kappa shape index (κ1) is 12.3. The van der Waals surface area contributed by atoms with E-state index in [-0.39, 0.29) is 12.4 Å². The molecule has 1 fully saturated rings. The molecule has 0 aromatic heterocycles. The fraction of sp³-hybridized carbons (Fsp3) is 0.500. The van der Waals surface area contributed by atoms with Gasteiger partial charge >= 0.3 is 0 Å². The van der Waals surface area contributed by atoms with Gasteiger partial charge in [0.1, 0.15) is 0 Å². The summed E-state index contributed by atoms with van der Waals surface area (Å²) in [6.45, 7) is 6.72. The van der Waals surface area contributed by atoms with Crippen LogP contribution in [0.4, 0.5) is 5.69 Å². The standard InChI is InChI=1S/C12H18N2.ClH/c1-11-4-2-5-12(10-11)14-8-3-6-13-7-9-14;/h2,4-5,10,13H,3,6-9H2,1H3;1H. The predicted molar refractivity (Wildman–Crippen MR) is 68.1 cm³/mol. The first-order valence-corrected chi connectivity index (χ1v) is 5.38. The van der Waals surface area contributed by atoms with Crippen LogP contribution in [-0.4, -0.2) is 26.2 Å². The molecule has 0 amide bonds. The van der Waals surface area contributed by atoms with Gasteiger partial charge in [-0.1, -0.05) is 12.1 Å². The zero-order valence-corrected chi connectivity index (χ0v) is 10.0. The van der Waals surface area contributed by atoms with Gasteiger partial charge in [-0.25, -0.2) is 0 Å². The zero-order chi connectivity index (χ0) is 9.80. The Morgan fingerprint density at radius 2 is 2.07 bits per heavy atom. The lowest BCUT2D eigenvalue weighted by molar-refractivity contribution is 0.724. The van der Waals surface area contributed by atoms with E-state index in [9.17, 15) is 0 Å². The van der Waals surface area contributed by atoms with Crippen LogP contribution in [0, 0.1) is 6.92 Å². The Morgan fingerprint density at radius 3 is 2.87 bits per heavy atom. The summed E-state index contributed by atoms with van der Waals surface area (Å²) >= 11 is 0. The first-order valence-electron chi connectivity index (χ1n) is 5.38. The van der Waals surface area contributed by atoms with Crippen molar-refractivity contribution in [2.45, 2.75) is 13.3 Å². The van der Waals surface area contributed by atoms with Crippen molar-refractivity contribution in [3.8, 4) is 0 Å². The third-order valence-corrected chi connectivity index (χ3v) is 2.71. The van der Waals surface area contributed by atoms with Crippen LogP contribution in [0.3, 0.4) is 0 Å². The minimum atomic E-state index is 0. The first-order chi connectivity index (χ1) is 6.86. The van der Waals surface area contributed by atoms with Crippen molar-refractivity contribution in [1.82, 2.24) is 5.32 Å². The summed E-state index contributed by atoms with van der Waals surface area (Å²) in [5, 5.41) is 3.42. The summed E-state index contributed by atoms with van der Waals surface area (Å²) in [5.74, 6) is 0. The molecule has 1 N–H and O–H groups in total. The van der Waals surface area contributed by atoms with Gasteiger partial charge in [0.2, 0.25) is 0 Å². The molecule has 2 nitrogen and oxygen atoms in total. The predicted octanol–water partition coefficient (Wildman–Crippen LogP) is 2.22. The Hall–Kier alpha value is -0.730. The molecule has 0 spiro atoms. The lowest BCUT2D eigenvalue weighted by Gasteiger charge is -2.22. The quantitative estimate of drug-likeness (QED) is 0.790. The van der Waals surface area contributed by atoms with Crippen LogP contribution < -0.4 is 10.2 Å². The minimum Gasteiger partial charge on any atom is -0.370 e. The van der Waals surface area contributed by atoms with E-state index in [1.807, 2.05) is 0 Å². The minimum absolute atomic E-state index is 0. The summed E-state index contributed by atoms with van der Waals surface area (Å²) in [6.07, 6.45) is 1.24. The second-order valence-corrected chi connectivity index (χ2v) is 3.93. The summed E-state index contributed by atoms with van der Waals surface area (Å²) in [5.41, 5.74) is 2.72. The van der Waals surface area contributed by atoms with Crippen LogP contribution in [0.15, 0.2) is 24.3 Å². The van der Waals surface area contributed by atoms with Crippen LogP contribution in [-0.2, 0) is 0 Å². The SMILES string of the molecule is Cc1cccc(N2CCCNCC2)c1.Cl.